The van der Waals surface area contributed by atoms with E-state index in [1.54, 1.807) is 7.11 Å². The summed E-state index contributed by atoms with van der Waals surface area (Å²) in [6.07, 6.45) is 7.66. The average Bonchev–Trinajstić information content (AvgIpc) is 2.72. The van der Waals surface area contributed by atoms with Gasteiger partial charge in [0.25, 0.3) is 0 Å². The van der Waals surface area contributed by atoms with E-state index in [4.69, 9.17) is 13.9 Å². The molecule has 4 heteroatoms. The topological polar surface area (TPSA) is 27.7 Å². The highest BCUT2D eigenvalue weighted by molar-refractivity contribution is 6.74. The van der Waals surface area contributed by atoms with Gasteiger partial charge in [-0.05, 0) is 72.8 Å². The Bertz CT molecular complexity index is 832. The van der Waals surface area contributed by atoms with Crippen molar-refractivity contribution < 1.29 is 13.9 Å². The van der Waals surface area contributed by atoms with Crippen LogP contribution in [0.5, 0.6) is 11.5 Å². The number of hydrogen-bond acceptors (Lipinski definition) is 3. The maximum Gasteiger partial charge on any atom is 0.250 e. The van der Waals surface area contributed by atoms with Crippen molar-refractivity contribution in [1.82, 2.24) is 0 Å². The van der Waals surface area contributed by atoms with E-state index in [9.17, 15) is 0 Å². The molecule has 2 aromatic rings. The Morgan fingerprint density at radius 2 is 1.60 bits per heavy atom. The molecule has 2 aromatic carbocycles. The Kier molecular flexibility index (Phi) is 7.09. The van der Waals surface area contributed by atoms with Crippen molar-refractivity contribution in [2.24, 2.45) is 0 Å². The molecule has 0 saturated carbocycles. The van der Waals surface area contributed by atoms with Gasteiger partial charge >= 0.3 is 0 Å². The third-order valence-corrected chi connectivity index (χ3v) is 10.7. The first-order valence-corrected chi connectivity index (χ1v) is 13.8. The Balaban J connectivity index is 1.53. The highest BCUT2D eigenvalue weighted by Crippen LogP contribution is 2.37. The van der Waals surface area contributed by atoms with Crippen LogP contribution in [0.25, 0.3) is 0 Å². The van der Waals surface area contributed by atoms with Crippen molar-refractivity contribution in [1.29, 1.82) is 0 Å². The molecular formula is C26H36O3Si. The largest absolute Gasteiger partial charge is 0.544 e. The van der Waals surface area contributed by atoms with Gasteiger partial charge in [-0.3, -0.25) is 0 Å². The average molecular weight is 425 g/mol. The SMILES string of the molecule is COc1ccc([C@@H]2C=CC[C@@H](CCc3ccc(O[Si](C)(C)C(C)(C)C)cc3)O2)cc1. The van der Waals surface area contributed by atoms with E-state index in [2.05, 4.69) is 82.4 Å². The van der Waals surface area contributed by atoms with Crippen LogP contribution in [-0.4, -0.2) is 21.5 Å². The summed E-state index contributed by atoms with van der Waals surface area (Å²) in [6, 6.07) is 16.8. The molecule has 0 spiro atoms. The zero-order valence-electron chi connectivity index (χ0n) is 19.3. The minimum Gasteiger partial charge on any atom is -0.544 e. The minimum atomic E-state index is -1.79. The summed E-state index contributed by atoms with van der Waals surface area (Å²) in [5.41, 5.74) is 2.50. The fourth-order valence-corrected chi connectivity index (χ4v) is 4.36. The predicted octanol–water partition coefficient (Wildman–Crippen LogP) is 7.10. The lowest BCUT2D eigenvalue weighted by Crippen LogP contribution is -2.43. The van der Waals surface area contributed by atoms with Gasteiger partial charge in [-0.1, -0.05) is 57.2 Å². The highest BCUT2D eigenvalue weighted by Gasteiger charge is 2.38. The third kappa shape index (κ3) is 5.76. The number of hydrogen-bond donors (Lipinski definition) is 0. The summed E-state index contributed by atoms with van der Waals surface area (Å²) < 4.78 is 18.0. The molecule has 162 valence electrons. The second-order valence-electron chi connectivity index (χ2n) is 9.66. The molecule has 0 aliphatic carbocycles. The molecule has 0 saturated heterocycles. The fraction of sp³-hybridized carbons (Fsp3) is 0.462. The van der Waals surface area contributed by atoms with Crippen molar-refractivity contribution >= 4 is 8.32 Å². The lowest BCUT2D eigenvalue weighted by atomic mass is 10.0. The van der Waals surface area contributed by atoms with Gasteiger partial charge in [0.15, 0.2) is 0 Å². The van der Waals surface area contributed by atoms with Crippen molar-refractivity contribution in [3.63, 3.8) is 0 Å². The molecule has 1 aliphatic rings. The first-order valence-electron chi connectivity index (χ1n) is 10.9. The van der Waals surface area contributed by atoms with Crippen molar-refractivity contribution in [2.75, 3.05) is 7.11 Å². The Morgan fingerprint density at radius 1 is 0.967 bits per heavy atom. The molecule has 0 unspecified atom stereocenters. The van der Waals surface area contributed by atoms with Gasteiger partial charge < -0.3 is 13.9 Å². The van der Waals surface area contributed by atoms with Crippen LogP contribution < -0.4 is 9.16 Å². The molecule has 1 heterocycles. The Morgan fingerprint density at radius 3 is 2.20 bits per heavy atom. The summed E-state index contributed by atoms with van der Waals surface area (Å²) in [5, 5.41) is 0.206. The quantitative estimate of drug-likeness (QED) is 0.350. The molecule has 0 amide bonds. The first kappa shape index (κ1) is 22.6. The molecular weight excluding hydrogens is 388 g/mol. The van der Waals surface area contributed by atoms with E-state index in [0.717, 1.165) is 30.8 Å². The van der Waals surface area contributed by atoms with E-state index in [-0.39, 0.29) is 17.2 Å². The molecule has 0 bridgehead atoms. The molecule has 0 aromatic heterocycles. The van der Waals surface area contributed by atoms with Crippen molar-refractivity contribution in [3.05, 3.63) is 71.8 Å². The lowest BCUT2D eigenvalue weighted by Gasteiger charge is -2.36. The molecule has 2 atom stereocenters. The lowest BCUT2D eigenvalue weighted by molar-refractivity contribution is 0.000722. The summed E-state index contributed by atoms with van der Waals surface area (Å²) in [4.78, 5) is 0. The van der Waals surface area contributed by atoms with Crippen LogP contribution in [0, 0.1) is 0 Å². The minimum absolute atomic E-state index is 0.0232. The highest BCUT2D eigenvalue weighted by atomic mass is 28.4. The van der Waals surface area contributed by atoms with Gasteiger partial charge in [0, 0.05) is 0 Å². The fourth-order valence-electron chi connectivity index (χ4n) is 3.33. The summed E-state index contributed by atoms with van der Waals surface area (Å²) in [7, 11) is -0.101. The number of aryl methyl sites for hydroxylation is 1. The van der Waals surface area contributed by atoms with Crippen molar-refractivity contribution in [2.45, 2.75) is 70.4 Å². The maximum absolute atomic E-state index is 6.39. The van der Waals surface area contributed by atoms with Crippen molar-refractivity contribution in [3.8, 4) is 11.5 Å². The van der Waals surface area contributed by atoms with Gasteiger partial charge in [0.2, 0.25) is 8.32 Å². The van der Waals surface area contributed by atoms with Crippen LogP contribution in [0.3, 0.4) is 0 Å². The standard InChI is InChI=1S/C26H36O3Si/c1-26(2,3)30(5,6)29-24-16-11-20(12-17-24)10-15-23-8-7-9-25(28-23)21-13-18-22(27-4)19-14-21/h7,9,11-14,16-19,23,25H,8,10,15H2,1-6H3/t23-,25-/m0/s1. The number of benzene rings is 2. The zero-order chi connectivity index (χ0) is 21.8. The molecule has 1 aliphatic heterocycles. The van der Waals surface area contributed by atoms with Crippen LogP contribution in [0.1, 0.15) is 50.8 Å². The number of ether oxygens (including phenoxy) is 2. The second-order valence-corrected chi connectivity index (χ2v) is 14.4. The Labute approximate surface area is 183 Å². The van der Waals surface area contributed by atoms with E-state index in [1.807, 2.05) is 12.1 Å². The molecule has 30 heavy (non-hydrogen) atoms. The Hall–Kier alpha value is -2.04. The molecule has 0 radical (unpaired) electrons. The third-order valence-electron chi connectivity index (χ3n) is 6.35. The van der Waals surface area contributed by atoms with Crippen LogP contribution in [0.4, 0.5) is 0 Å². The van der Waals surface area contributed by atoms with Crippen LogP contribution in [-0.2, 0) is 11.2 Å². The van der Waals surface area contributed by atoms with E-state index >= 15 is 0 Å². The van der Waals surface area contributed by atoms with Gasteiger partial charge in [-0.25, -0.2) is 0 Å². The molecule has 0 N–H and O–H groups in total. The van der Waals surface area contributed by atoms with Gasteiger partial charge in [0.05, 0.1) is 13.2 Å². The smallest absolute Gasteiger partial charge is 0.250 e. The predicted molar refractivity (Wildman–Crippen MR) is 127 cm³/mol. The van der Waals surface area contributed by atoms with Crippen LogP contribution in [0.15, 0.2) is 60.7 Å². The normalized spacial score (nSPS) is 19.5. The second kappa shape index (κ2) is 9.40. The van der Waals surface area contributed by atoms with E-state index in [0.29, 0.717) is 0 Å². The monoisotopic (exact) mass is 424 g/mol. The van der Waals surface area contributed by atoms with Crippen LogP contribution >= 0.6 is 0 Å². The first-order chi connectivity index (χ1) is 14.2. The number of rotatable bonds is 7. The van der Waals surface area contributed by atoms with Gasteiger partial charge in [-0.15, -0.1) is 0 Å². The van der Waals surface area contributed by atoms with E-state index in [1.165, 1.54) is 11.1 Å². The van der Waals surface area contributed by atoms with Crippen LogP contribution in [0.2, 0.25) is 18.1 Å². The zero-order valence-corrected chi connectivity index (χ0v) is 20.3. The maximum atomic E-state index is 6.39. The van der Waals surface area contributed by atoms with Gasteiger partial charge in [-0.2, -0.15) is 0 Å². The summed E-state index contributed by atoms with van der Waals surface area (Å²) in [6.45, 7) is 11.4. The summed E-state index contributed by atoms with van der Waals surface area (Å²) >= 11 is 0. The molecule has 0 fully saturated rings. The van der Waals surface area contributed by atoms with Gasteiger partial charge in [0.1, 0.15) is 17.6 Å². The molecule has 3 rings (SSSR count). The van der Waals surface area contributed by atoms with E-state index < -0.39 is 8.32 Å². The molecule has 3 nitrogen and oxygen atoms in total. The number of methoxy groups -OCH3 is 1. The summed E-state index contributed by atoms with van der Waals surface area (Å²) in [5.74, 6) is 1.86.